The van der Waals surface area contributed by atoms with Gasteiger partial charge in [-0.2, -0.15) is 0 Å². The van der Waals surface area contributed by atoms with Gasteiger partial charge in [0.25, 0.3) is 5.91 Å². The Morgan fingerprint density at radius 3 is 2.69 bits per heavy atom. The number of fused-ring (bicyclic) bond motifs is 1. The van der Waals surface area contributed by atoms with E-state index in [1.165, 1.54) is 0 Å². The average Bonchev–Trinajstić information content (AvgIpc) is 3.01. The van der Waals surface area contributed by atoms with Crippen molar-refractivity contribution in [2.75, 3.05) is 6.61 Å². The molecule has 7 heteroatoms. The molecule has 26 heavy (non-hydrogen) atoms. The predicted octanol–water partition coefficient (Wildman–Crippen LogP) is 2.49. The first-order chi connectivity index (χ1) is 12.6. The molecule has 1 atom stereocenters. The van der Waals surface area contributed by atoms with Crippen molar-refractivity contribution in [3.8, 4) is 0 Å². The summed E-state index contributed by atoms with van der Waals surface area (Å²) in [6.45, 7) is 3.94. The van der Waals surface area contributed by atoms with Gasteiger partial charge in [0.05, 0.1) is 23.7 Å². The lowest BCUT2D eigenvalue weighted by atomic mass is 10.2. The molecule has 1 aromatic carbocycles. The monoisotopic (exact) mass is 352 g/mol. The van der Waals surface area contributed by atoms with Gasteiger partial charge in [0.1, 0.15) is 18.1 Å². The number of imidazole rings is 1. The van der Waals surface area contributed by atoms with Crippen LogP contribution in [0, 0.1) is 0 Å². The van der Waals surface area contributed by atoms with Crippen LogP contribution in [-0.2, 0) is 16.1 Å². The summed E-state index contributed by atoms with van der Waals surface area (Å²) in [6, 6.07) is 12.3. The highest BCUT2D eigenvalue weighted by Crippen LogP contribution is 2.21. The summed E-state index contributed by atoms with van der Waals surface area (Å²) in [5.74, 6) is -0.0588. The Bertz CT molecular complexity index is 921. The lowest BCUT2D eigenvalue weighted by molar-refractivity contribution is -0.143. The second kappa shape index (κ2) is 7.77. The van der Waals surface area contributed by atoms with Crippen molar-refractivity contribution in [2.45, 2.75) is 26.4 Å². The molecule has 0 saturated heterocycles. The van der Waals surface area contributed by atoms with Gasteiger partial charge in [-0.15, -0.1) is 0 Å². The maximum Gasteiger partial charge on any atom is 0.326 e. The van der Waals surface area contributed by atoms with Crippen LogP contribution in [0.5, 0.6) is 0 Å². The van der Waals surface area contributed by atoms with Crippen LogP contribution >= 0.6 is 0 Å². The van der Waals surface area contributed by atoms with Crippen LogP contribution in [0.4, 0.5) is 0 Å². The zero-order valence-electron chi connectivity index (χ0n) is 14.7. The summed E-state index contributed by atoms with van der Waals surface area (Å²) >= 11 is 0. The standard InChI is InChI=1S/C19H20N4O3/c1-3-26-17(24)12-23-16-10-5-4-8-14(16)22-18(23)13(2)21-19(25)15-9-6-7-11-20-15/h4-11,13H,3,12H2,1-2H3,(H,21,25). The molecule has 0 aliphatic heterocycles. The number of carbonyl (C=O) groups excluding carboxylic acids is 2. The normalized spacial score (nSPS) is 11.9. The van der Waals surface area contributed by atoms with E-state index in [0.29, 0.717) is 18.1 Å². The molecular formula is C19H20N4O3. The van der Waals surface area contributed by atoms with E-state index in [9.17, 15) is 9.59 Å². The number of aromatic nitrogens is 3. The van der Waals surface area contributed by atoms with Crippen molar-refractivity contribution in [3.63, 3.8) is 0 Å². The molecule has 3 aromatic rings. The van der Waals surface area contributed by atoms with Crippen molar-refractivity contribution >= 4 is 22.9 Å². The SMILES string of the molecule is CCOC(=O)Cn1c(C(C)NC(=O)c2ccccn2)nc2ccccc21. The smallest absolute Gasteiger partial charge is 0.326 e. The van der Waals surface area contributed by atoms with E-state index in [4.69, 9.17) is 4.74 Å². The number of rotatable bonds is 6. The highest BCUT2D eigenvalue weighted by atomic mass is 16.5. The van der Waals surface area contributed by atoms with Crippen molar-refractivity contribution in [1.82, 2.24) is 19.9 Å². The Balaban J connectivity index is 1.90. The highest BCUT2D eigenvalue weighted by molar-refractivity contribution is 5.92. The molecule has 0 aliphatic carbocycles. The Morgan fingerprint density at radius 1 is 1.19 bits per heavy atom. The number of hydrogen-bond acceptors (Lipinski definition) is 5. The van der Waals surface area contributed by atoms with Gasteiger partial charge in [-0.1, -0.05) is 18.2 Å². The number of nitrogens with zero attached hydrogens (tertiary/aromatic N) is 3. The van der Waals surface area contributed by atoms with Gasteiger partial charge in [-0.25, -0.2) is 4.98 Å². The molecule has 0 fully saturated rings. The van der Waals surface area contributed by atoms with Gasteiger partial charge in [0.15, 0.2) is 0 Å². The van der Waals surface area contributed by atoms with Crippen molar-refractivity contribution < 1.29 is 14.3 Å². The summed E-state index contributed by atoms with van der Waals surface area (Å²) in [7, 11) is 0. The molecule has 3 rings (SSSR count). The largest absolute Gasteiger partial charge is 0.465 e. The van der Waals surface area contributed by atoms with Crippen molar-refractivity contribution in [3.05, 3.63) is 60.2 Å². The fourth-order valence-electron chi connectivity index (χ4n) is 2.76. The first kappa shape index (κ1) is 17.6. The van der Waals surface area contributed by atoms with Crippen LogP contribution in [0.2, 0.25) is 0 Å². The first-order valence-electron chi connectivity index (χ1n) is 8.42. The summed E-state index contributed by atoms with van der Waals surface area (Å²) in [5, 5.41) is 2.88. The lowest BCUT2D eigenvalue weighted by Crippen LogP contribution is -2.30. The van der Waals surface area contributed by atoms with Crippen molar-refractivity contribution in [2.24, 2.45) is 0 Å². The van der Waals surface area contributed by atoms with Gasteiger partial charge in [0.2, 0.25) is 0 Å². The maximum atomic E-state index is 12.4. The fraction of sp³-hybridized carbons (Fsp3) is 0.263. The second-order valence-corrected chi connectivity index (χ2v) is 5.76. The molecule has 134 valence electrons. The number of benzene rings is 1. The van der Waals surface area contributed by atoms with E-state index in [1.807, 2.05) is 31.2 Å². The number of esters is 1. The number of nitrogens with one attached hydrogen (secondary N) is 1. The molecule has 0 bridgehead atoms. The molecule has 1 amide bonds. The Hall–Kier alpha value is -3.22. The van der Waals surface area contributed by atoms with E-state index in [1.54, 1.807) is 35.9 Å². The van der Waals surface area contributed by atoms with Crippen LogP contribution < -0.4 is 5.32 Å². The molecule has 0 radical (unpaired) electrons. The molecule has 0 aliphatic rings. The molecule has 7 nitrogen and oxygen atoms in total. The van der Waals surface area contributed by atoms with E-state index in [0.717, 1.165) is 11.0 Å². The molecule has 0 saturated carbocycles. The lowest BCUT2D eigenvalue weighted by Gasteiger charge is -2.15. The molecule has 0 spiro atoms. The van der Waals surface area contributed by atoms with Gasteiger partial charge in [-0.3, -0.25) is 14.6 Å². The third-order valence-corrected chi connectivity index (χ3v) is 3.91. The topological polar surface area (TPSA) is 86.1 Å². The zero-order chi connectivity index (χ0) is 18.5. The second-order valence-electron chi connectivity index (χ2n) is 5.76. The third kappa shape index (κ3) is 3.72. The van der Waals surface area contributed by atoms with Gasteiger partial charge in [0, 0.05) is 6.20 Å². The highest BCUT2D eigenvalue weighted by Gasteiger charge is 2.21. The quantitative estimate of drug-likeness (QED) is 0.689. The number of pyridine rings is 1. The van der Waals surface area contributed by atoms with Crippen LogP contribution in [0.3, 0.4) is 0 Å². The zero-order valence-corrected chi connectivity index (χ0v) is 14.7. The summed E-state index contributed by atoms with van der Waals surface area (Å²) in [5.41, 5.74) is 1.90. The summed E-state index contributed by atoms with van der Waals surface area (Å²) in [4.78, 5) is 33.0. The average molecular weight is 352 g/mol. The number of para-hydroxylation sites is 2. The molecule has 1 unspecified atom stereocenters. The van der Waals surface area contributed by atoms with Crippen LogP contribution in [-0.4, -0.2) is 33.0 Å². The predicted molar refractivity (Wildman–Crippen MR) is 96.5 cm³/mol. The minimum absolute atomic E-state index is 0.0352. The van der Waals surface area contributed by atoms with E-state index in [-0.39, 0.29) is 18.4 Å². The van der Waals surface area contributed by atoms with Gasteiger partial charge < -0.3 is 14.6 Å². The molecule has 1 N–H and O–H groups in total. The van der Waals surface area contributed by atoms with Crippen LogP contribution in [0.25, 0.3) is 11.0 Å². The summed E-state index contributed by atoms with van der Waals surface area (Å²) in [6.07, 6.45) is 1.57. The van der Waals surface area contributed by atoms with Gasteiger partial charge >= 0.3 is 5.97 Å². The van der Waals surface area contributed by atoms with Crippen molar-refractivity contribution in [1.29, 1.82) is 0 Å². The number of amides is 1. The summed E-state index contributed by atoms with van der Waals surface area (Å²) < 4.78 is 6.84. The third-order valence-electron chi connectivity index (χ3n) is 3.91. The first-order valence-corrected chi connectivity index (χ1v) is 8.42. The number of carbonyl (C=O) groups is 2. The molecular weight excluding hydrogens is 332 g/mol. The van der Waals surface area contributed by atoms with E-state index < -0.39 is 6.04 Å². The Kier molecular flexibility index (Phi) is 5.26. The Morgan fingerprint density at radius 2 is 1.96 bits per heavy atom. The Labute approximate surface area is 151 Å². The molecule has 2 heterocycles. The number of hydrogen-bond donors (Lipinski definition) is 1. The molecule has 2 aromatic heterocycles. The van der Waals surface area contributed by atoms with E-state index >= 15 is 0 Å². The fourth-order valence-corrected chi connectivity index (χ4v) is 2.76. The minimum atomic E-state index is -0.411. The minimum Gasteiger partial charge on any atom is -0.465 e. The van der Waals surface area contributed by atoms with Crippen LogP contribution in [0.1, 0.15) is 36.2 Å². The maximum absolute atomic E-state index is 12.4. The van der Waals surface area contributed by atoms with E-state index in [2.05, 4.69) is 15.3 Å². The van der Waals surface area contributed by atoms with Crippen LogP contribution in [0.15, 0.2) is 48.7 Å². The number of ether oxygens (including phenoxy) is 1. The van der Waals surface area contributed by atoms with Gasteiger partial charge in [-0.05, 0) is 38.1 Å².